The van der Waals surface area contributed by atoms with Crippen LogP contribution in [0.5, 0.6) is 0 Å². The number of rotatable bonds is 7. The Bertz CT molecular complexity index is 871. The van der Waals surface area contributed by atoms with Crippen LogP contribution >= 0.6 is 0 Å². The molecule has 4 nitrogen and oxygen atoms in total. The Kier molecular flexibility index (Phi) is 7.67. The lowest BCUT2D eigenvalue weighted by molar-refractivity contribution is -0.140. The van der Waals surface area contributed by atoms with E-state index in [4.69, 9.17) is 0 Å². The van der Waals surface area contributed by atoms with Gasteiger partial charge in [-0.2, -0.15) is 0 Å². The van der Waals surface area contributed by atoms with Gasteiger partial charge in [-0.15, -0.1) is 0 Å². The Morgan fingerprint density at radius 3 is 2.47 bits per heavy atom. The highest BCUT2D eigenvalue weighted by atomic mass is 16.2. The number of benzene rings is 2. The van der Waals surface area contributed by atoms with E-state index in [1.807, 2.05) is 69.3 Å². The molecule has 0 radical (unpaired) electrons. The van der Waals surface area contributed by atoms with Gasteiger partial charge < -0.3 is 10.2 Å². The first-order valence-corrected chi connectivity index (χ1v) is 11.1. The van der Waals surface area contributed by atoms with Crippen LogP contribution in [0, 0.1) is 13.8 Å². The SMILES string of the molecule is Cc1cccc(CC(=O)N(Cc2ccccc2C)[C@H](C)C(=O)NC2CCCCC2)c1. The van der Waals surface area contributed by atoms with Gasteiger partial charge in [-0.1, -0.05) is 73.4 Å². The van der Waals surface area contributed by atoms with Gasteiger partial charge in [0.1, 0.15) is 6.04 Å². The maximum absolute atomic E-state index is 13.3. The number of carbonyl (C=O) groups is 2. The van der Waals surface area contributed by atoms with Gasteiger partial charge in [-0.25, -0.2) is 0 Å². The molecule has 30 heavy (non-hydrogen) atoms. The van der Waals surface area contributed by atoms with E-state index in [9.17, 15) is 9.59 Å². The lowest BCUT2D eigenvalue weighted by atomic mass is 9.95. The lowest BCUT2D eigenvalue weighted by Gasteiger charge is -2.31. The summed E-state index contributed by atoms with van der Waals surface area (Å²) < 4.78 is 0. The van der Waals surface area contributed by atoms with Crippen LogP contribution in [0.3, 0.4) is 0 Å². The zero-order valence-corrected chi connectivity index (χ0v) is 18.5. The molecule has 1 N–H and O–H groups in total. The van der Waals surface area contributed by atoms with Gasteiger partial charge in [0, 0.05) is 12.6 Å². The molecule has 1 fully saturated rings. The molecule has 1 aliphatic rings. The molecule has 2 aromatic carbocycles. The summed E-state index contributed by atoms with van der Waals surface area (Å²) in [4.78, 5) is 28.1. The Labute approximate surface area is 180 Å². The minimum atomic E-state index is -0.510. The number of carbonyl (C=O) groups excluding carboxylic acids is 2. The van der Waals surface area contributed by atoms with Crippen molar-refractivity contribution in [3.63, 3.8) is 0 Å². The summed E-state index contributed by atoms with van der Waals surface area (Å²) in [5, 5.41) is 3.19. The van der Waals surface area contributed by atoms with E-state index in [-0.39, 0.29) is 17.9 Å². The van der Waals surface area contributed by atoms with Crippen molar-refractivity contribution in [3.8, 4) is 0 Å². The van der Waals surface area contributed by atoms with Crippen LogP contribution in [0.25, 0.3) is 0 Å². The van der Waals surface area contributed by atoms with Gasteiger partial charge >= 0.3 is 0 Å². The predicted octanol–water partition coefficient (Wildman–Crippen LogP) is 4.71. The first-order chi connectivity index (χ1) is 14.4. The quantitative estimate of drug-likeness (QED) is 0.724. The molecule has 0 aliphatic heterocycles. The molecule has 3 rings (SSSR count). The third kappa shape index (κ3) is 5.94. The Hall–Kier alpha value is -2.62. The second kappa shape index (κ2) is 10.4. The monoisotopic (exact) mass is 406 g/mol. The lowest BCUT2D eigenvalue weighted by Crippen LogP contribution is -2.50. The molecular weight excluding hydrogens is 372 g/mol. The zero-order chi connectivity index (χ0) is 21.5. The zero-order valence-electron chi connectivity index (χ0n) is 18.5. The Balaban J connectivity index is 1.77. The second-order valence-corrected chi connectivity index (χ2v) is 8.63. The van der Waals surface area contributed by atoms with E-state index in [1.165, 1.54) is 19.3 Å². The maximum atomic E-state index is 13.3. The molecule has 0 spiro atoms. The van der Waals surface area contributed by atoms with Crippen LogP contribution in [0.1, 0.15) is 61.3 Å². The third-order valence-electron chi connectivity index (χ3n) is 6.16. The molecule has 160 valence electrons. The van der Waals surface area contributed by atoms with Crippen molar-refractivity contribution in [2.45, 2.75) is 77.9 Å². The van der Waals surface area contributed by atoms with Crippen molar-refractivity contribution < 1.29 is 9.59 Å². The number of hydrogen-bond donors (Lipinski definition) is 1. The molecule has 1 atom stereocenters. The summed E-state index contributed by atoms with van der Waals surface area (Å²) in [6, 6.07) is 15.8. The summed E-state index contributed by atoms with van der Waals surface area (Å²) in [6.07, 6.45) is 5.95. The van der Waals surface area contributed by atoms with Crippen LogP contribution < -0.4 is 5.32 Å². The maximum Gasteiger partial charge on any atom is 0.242 e. The van der Waals surface area contributed by atoms with Crippen molar-refractivity contribution in [2.75, 3.05) is 0 Å². The van der Waals surface area contributed by atoms with Crippen molar-refractivity contribution in [3.05, 3.63) is 70.8 Å². The van der Waals surface area contributed by atoms with Crippen LogP contribution in [0.4, 0.5) is 0 Å². The van der Waals surface area contributed by atoms with Crippen LogP contribution in [-0.2, 0) is 22.6 Å². The van der Waals surface area contributed by atoms with E-state index >= 15 is 0 Å². The fourth-order valence-corrected chi connectivity index (χ4v) is 4.22. The predicted molar refractivity (Wildman–Crippen MR) is 121 cm³/mol. The summed E-state index contributed by atoms with van der Waals surface area (Å²) in [5.74, 6) is -0.0665. The van der Waals surface area contributed by atoms with Crippen LogP contribution in [0.15, 0.2) is 48.5 Å². The molecule has 1 aliphatic carbocycles. The summed E-state index contributed by atoms with van der Waals surface area (Å²) in [7, 11) is 0. The van der Waals surface area contributed by atoms with E-state index < -0.39 is 6.04 Å². The van der Waals surface area contributed by atoms with Crippen molar-refractivity contribution in [2.24, 2.45) is 0 Å². The molecule has 2 amide bonds. The molecular formula is C26H34N2O2. The fourth-order valence-electron chi connectivity index (χ4n) is 4.22. The largest absolute Gasteiger partial charge is 0.352 e. The van der Waals surface area contributed by atoms with Gasteiger partial charge in [0.25, 0.3) is 0 Å². The highest BCUT2D eigenvalue weighted by Crippen LogP contribution is 2.19. The summed E-state index contributed by atoms with van der Waals surface area (Å²) in [6.45, 7) is 6.37. The highest BCUT2D eigenvalue weighted by Gasteiger charge is 2.28. The molecule has 4 heteroatoms. The molecule has 0 bridgehead atoms. The van der Waals surface area contributed by atoms with E-state index in [2.05, 4.69) is 5.32 Å². The molecule has 1 saturated carbocycles. The molecule has 0 aromatic heterocycles. The van der Waals surface area contributed by atoms with Crippen molar-refractivity contribution in [1.82, 2.24) is 10.2 Å². The molecule has 2 aromatic rings. The van der Waals surface area contributed by atoms with E-state index in [1.54, 1.807) is 4.90 Å². The minimum absolute atomic E-state index is 0.0184. The van der Waals surface area contributed by atoms with Gasteiger partial charge in [-0.3, -0.25) is 9.59 Å². The second-order valence-electron chi connectivity index (χ2n) is 8.63. The highest BCUT2D eigenvalue weighted by molar-refractivity contribution is 5.88. The van der Waals surface area contributed by atoms with Gasteiger partial charge in [0.2, 0.25) is 11.8 Å². The standard InChI is InChI=1S/C26H34N2O2/c1-19-10-9-12-22(16-19)17-25(29)28(18-23-13-8-7-11-20(23)2)21(3)26(30)27-24-14-5-4-6-15-24/h7-13,16,21,24H,4-6,14-15,17-18H2,1-3H3,(H,27,30)/t21-/m1/s1. The smallest absolute Gasteiger partial charge is 0.242 e. The molecule has 0 unspecified atom stereocenters. The number of aryl methyl sites for hydroxylation is 2. The molecule has 0 saturated heterocycles. The number of nitrogens with one attached hydrogen (secondary N) is 1. The first-order valence-electron chi connectivity index (χ1n) is 11.1. The van der Waals surface area contributed by atoms with Crippen LogP contribution in [0.2, 0.25) is 0 Å². The Morgan fingerprint density at radius 2 is 1.77 bits per heavy atom. The topological polar surface area (TPSA) is 49.4 Å². The first kappa shape index (κ1) is 22.1. The van der Waals surface area contributed by atoms with Gasteiger partial charge in [-0.05, 0) is 50.3 Å². The number of nitrogens with zero attached hydrogens (tertiary/aromatic N) is 1. The van der Waals surface area contributed by atoms with Crippen molar-refractivity contribution in [1.29, 1.82) is 0 Å². The number of amides is 2. The minimum Gasteiger partial charge on any atom is -0.352 e. The average molecular weight is 407 g/mol. The average Bonchev–Trinajstić information content (AvgIpc) is 2.73. The molecule has 0 heterocycles. The van der Waals surface area contributed by atoms with E-state index in [0.29, 0.717) is 13.0 Å². The normalized spacial score (nSPS) is 15.4. The fraction of sp³-hybridized carbons (Fsp3) is 0.462. The van der Waals surface area contributed by atoms with Crippen molar-refractivity contribution >= 4 is 11.8 Å². The van der Waals surface area contributed by atoms with Gasteiger partial charge in [0.15, 0.2) is 0 Å². The van der Waals surface area contributed by atoms with E-state index in [0.717, 1.165) is 35.1 Å². The Morgan fingerprint density at radius 1 is 1.03 bits per heavy atom. The third-order valence-corrected chi connectivity index (χ3v) is 6.16. The summed E-state index contributed by atoms with van der Waals surface area (Å²) in [5.41, 5.74) is 4.32. The van der Waals surface area contributed by atoms with Crippen LogP contribution in [-0.4, -0.2) is 28.8 Å². The number of hydrogen-bond acceptors (Lipinski definition) is 2. The summed E-state index contributed by atoms with van der Waals surface area (Å²) >= 11 is 0. The van der Waals surface area contributed by atoms with Gasteiger partial charge in [0.05, 0.1) is 6.42 Å².